The average Bonchev–Trinajstić information content (AvgIpc) is 2.85. The van der Waals surface area contributed by atoms with Crippen molar-refractivity contribution in [2.24, 2.45) is 0 Å². The molecule has 1 heterocycles. The van der Waals surface area contributed by atoms with Crippen LogP contribution in [0.15, 0.2) is 60.0 Å². The van der Waals surface area contributed by atoms with E-state index < -0.39 is 0 Å². The molecule has 0 N–H and O–H groups in total. The number of ether oxygens (including phenoxy) is 2. The highest BCUT2D eigenvalue weighted by atomic mass is 16.5. The number of hydrogen-bond donors (Lipinski definition) is 0. The topological polar surface area (TPSA) is 53.3 Å². The number of carbonyl (C=O) groups is 1. The molecule has 2 aromatic rings. The largest absolute Gasteiger partial charge is 0.497 e. The van der Waals surface area contributed by atoms with Gasteiger partial charge in [-0.05, 0) is 36.3 Å². The van der Waals surface area contributed by atoms with Crippen LogP contribution in [0.3, 0.4) is 0 Å². The van der Waals surface area contributed by atoms with Crippen LogP contribution in [0.5, 0.6) is 0 Å². The fraction of sp³-hybridized carbons (Fsp3) is 0.222. The molecule has 0 unspecified atom stereocenters. The van der Waals surface area contributed by atoms with E-state index in [1.54, 1.807) is 19.4 Å². The third-order valence-corrected chi connectivity index (χ3v) is 3.83. The summed E-state index contributed by atoms with van der Waals surface area (Å²) in [5, 5.41) is 5.23. The predicted octanol–water partition coefficient (Wildman–Crippen LogP) is 3.24. The van der Waals surface area contributed by atoms with Gasteiger partial charge in [0.25, 0.3) is 0 Å². The Morgan fingerprint density at radius 3 is 2.96 bits per heavy atom. The van der Waals surface area contributed by atoms with Gasteiger partial charge in [0.05, 0.1) is 38.0 Å². The number of nitrogens with zero attached hydrogens (tertiary/aromatic N) is 2. The quantitative estimate of drug-likeness (QED) is 0.814. The van der Waals surface area contributed by atoms with Crippen LogP contribution >= 0.6 is 0 Å². The van der Waals surface area contributed by atoms with E-state index in [0.29, 0.717) is 12.1 Å². The van der Waals surface area contributed by atoms with E-state index in [4.69, 9.17) is 9.47 Å². The Labute approximate surface area is 134 Å². The lowest BCUT2D eigenvalue weighted by molar-refractivity contribution is 0.0603. The van der Waals surface area contributed by atoms with Crippen LogP contribution in [0, 0.1) is 0 Å². The summed E-state index contributed by atoms with van der Waals surface area (Å²) >= 11 is 0. The fourth-order valence-corrected chi connectivity index (χ4v) is 2.61. The molecule has 5 heteroatoms. The van der Waals surface area contributed by atoms with E-state index in [2.05, 4.69) is 17.3 Å². The molecule has 118 valence electrons. The highest BCUT2D eigenvalue weighted by Gasteiger charge is 2.13. The SMILES string of the molecule is COC(=O)c1cccc2c1cnn2CC1=CC=C(OC)C=CC1. The van der Waals surface area contributed by atoms with Crippen LogP contribution in [0.2, 0.25) is 0 Å². The van der Waals surface area contributed by atoms with Gasteiger partial charge in [-0.3, -0.25) is 4.68 Å². The Morgan fingerprint density at radius 1 is 1.30 bits per heavy atom. The summed E-state index contributed by atoms with van der Waals surface area (Å²) in [5.74, 6) is 0.484. The van der Waals surface area contributed by atoms with Crippen molar-refractivity contribution in [1.29, 1.82) is 0 Å². The highest BCUT2D eigenvalue weighted by molar-refractivity contribution is 6.03. The molecule has 0 spiro atoms. The lowest BCUT2D eigenvalue weighted by atomic mass is 10.1. The molecule has 0 saturated heterocycles. The van der Waals surface area contributed by atoms with Crippen LogP contribution in [0.25, 0.3) is 10.9 Å². The molecule has 1 aromatic carbocycles. The van der Waals surface area contributed by atoms with Gasteiger partial charge in [0.15, 0.2) is 0 Å². The zero-order chi connectivity index (χ0) is 16.2. The Balaban J connectivity index is 1.93. The normalized spacial score (nSPS) is 14.2. The standard InChI is InChI=1S/C18H18N2O3/c1-22-14-6-3-5-13(9-10-14)12-20-17-8-4-7-15(18(21)23-2)16(17)11-19-20/h3-4,6-11H,5,12H2,1-2H3. The number of benzene rings is 1. The van der Waals surface area contributed by atoms with Crippen LogP contribution in [0.1, 0.15) is 16.8 Å². The van der Waals surface area contributed by atoms with Crippen LogP contribution in [0.4, 0.5) is 0 Å². The van der Waals surface area contributed by atoms with Gasteiger partial charge in [-0.15, -0.1) is 0 Å². The minimum atomic E-state index is -0.348. The first-order valence-corrected chi connectivity index (χ1v) is 7.36. The number of hydrogen-bond acceptors (Lipinski definition) is 4. The van der Waals surface area contributed by atoms with Gasteiger partial charge < -0.3 is 9.47 Å². The van der Waals surface area contributed by atoms with Crippen molar-refractivity contribution < 1.29 is 14.3 Å². The van der Waals surface area contributed by atoms with Gasteiger partial charge in [-0.2, -0.15) is 5.10 Å². The van der Waals surface area contributed by atoms with Gasteiger partial charge in [-0.25, -0.2) is 4.79 Å². The molecular formula is C18H18N2O3. The summed E-state index contributed by atoms with van der Waals surface area (Å²) < 4.78 is 12.0. The molecule has 0 atom stereocenters. The number of methoxy groups -OCH3 is 2. The third kappa shape index (κ3) is 3.04. The number of allylic oxidation sites excluding steroid dienone is 5. The van der Waals surface area contributed by atoms with E-state index >= 15 is 0 Å². The summed E-state index contributed by atoms with van der Waals surface area (Å²) in [6.45, 7) is 0.659. The lowest BCUT2D eigenvalue weighted by Gasteiger charge is -2.07. The van der Waals surface area contributed by atoms with Crippen molar-refractivity contribution in [1.82, 2.24) is 9.78 Å². The summed E-state index contributed by atoms with van der Waals surface area (Å²) in [6.07, 6.45) is 10.6. The van der Waals surface area contributed by atoms with Gasteiger partial charge in [0.1, 0.15) is 5.76 Å². The maximum atomic E-state index is 11.8. The summed E-state index contributed by atoms with van der Waals surface area (Å²) in [5.41, 5.74) is 2.66. The fourth-order valence-electron chi connectivity index (χ4n) is 2.61. The Bertz CT molecular complexity index is 828. The number of carbonyl (C=O) groups excluding carboxylic acids is 1. The van der Waals surface area contributed by atoms with Crippen molar-refractivity contribution >= 4 is 16.9 Å². The van der Waals surface area contributed by atoms with E-state index in [1.165, 1.54) is 12.7 Å². The van der Waals surface area contributed by atoms with E-state index in [0.717, 1.165) is 23.1 Å². The molecule has 0 aliphatic heterocycles. The Morgan fingerprint density at radius 2 is 2.17 bits per heavy atom. The first-order valence-electron chi connectivity index (χ1n) is 7.36. The summed E-state index contributed by atoms with van der Waals surface area (Å²) in [6, 6.07) is 5.55. The van der Waals surface area contributed by atoms with Crippen molar-refractivity contribution in [3.8, 4) is 0 Å². The molecular weight excluding hydrogens is 292 g/mol. The maximum absolute atomic E-state index is 11.8. The molecule has 1 aromatic heterocycles. The summed E-state index contributed by atoms with van der Waals surface area (Å²) in [4.78, 5) is 11.8. The molecule has 0 radical (unpaired) electrons. The first-order chi connectivity index (χ1) is 11.2. The molecule has 23 heavy (non-hydrogen) atoms. The van der Waals surface area contributed by atoms with Gasteiger partial charge in [0, 0.05) is 5.39 Å². The minimum absolute atomic E-state index is 0.348. The molecule has 3 rings (SSSR count). The average molecular weight is 310 g/mol. The van der Waals surface area contributed by atoms with Crippen molar-refractivity contribution in [3.05, 3.63) is 65.6 Å². The van der Waals surface area contributed by atoms with Crippen LogP contribution in [-0.4, -0.2) is 30.0 Å². The lowest BCUT2D eigenvalue weighted by Crippen LogP contribution is -2.04. The Kier molecular flexibility index (Phi) is 4.28. The molecule has 0 fully saturated rings. The minimum Gasteiger partial charge on any atom is -0.497 e. The third-order valence-electron chi connectivity index (χ3n) is 3.83. The van der Waals surface area contributed by atoms with Gasteiger partial charge >= 0.3 is 5.97 Å². The summed E-state index contributed by atoms with van der Waals surface area (Å²) in [7, 11) is 3.04. The highest BCUT2D eigenvalue weighted by Crippen LogP contribution is 2.21. The number of fused-ring (bicyclic) bond motifs is 1. The molecule has 0 amide bonds. The zero-order valence-electron chi connectivity index (χ0n) is 13.2. The number of aromatic nitrogens is 2. The predicted molar refractivity (Wildman–Crippen MR) is 88.0 cm³/mol. The van der Waals surface area contributed by atoms with E-state index in [-0.39, 0.29) is 5.97 Å². The molecule has 0 saturated carbocycles. The second kappa shape index (κ2) is 6.52. The van der Waals surface area contributed by atoms with Crippen molar-refractivity contribution in [2.45, 2.75) is 13.0 Å². The monoisotopic (exact) mass is 310 g/mol. The van der Waals surface area contributed by atoms with Crippen molar-refractivity contribution in [3.63, 3.8) is 0 Å². The smallest absolute Gasteiger partial charge is 0.338 e. The van der Waals surface area contributed by atoms with E-state index in [9.17, 15) is 4.79 Å². The maximum Gasteiger partial charge on any atom is 0.338 e. The molecule has 5 nitrogen and oxygen atoms in total. The zero-order valence-corrected chi connectivity index (χ0v) is 13.2. The second-order valence-corrected chi connectivity index (χ2v) is 5.24. The van der Waals surface area contributed by atoms with Gasteiger partial charge in [0.2, 0.25) is 0 Å². The van der Waals surface area contributed by atoms with Crippen LogP contribution < -0.4 is 0 Å². The molecule has 1 aliphatic rings. The molecule has 0 bridgehead atoms. The first kappa shape index (κ1) is 15.1. The van der Waals surface area contributed by atoms with Gasteiger partial charge in [-0.1, -0.05) is 18.2 Å². The molecule has 1 aliphatic carbocycles. The number of esters is 1. The second-order valence-electron chi connectivity index (χ2n) is 5.24. The van der Waals surface area contributed by atoms with Crippen LogP contribution in [-0.2, 0) is 16.0 Å². The number of rotatable bonds is 4. The van der Waals surface area contributed by atoms with E-state index in [1.807, 2.05) is 29.0 Å². The Hall–Kier alpha value is -2.82. The van der Waals surface area contributed by atoms with Crippen molar-refractivity contribution in [2.75, 3.05) is 14.2 Å².